The monoisotopic (exact) mass is 402 g/mol. The van der Waals surface area contributed by atoms with E-state index in [0.717, 1.165) is 12.0 Å². The lowest BCUT2D eigenvalue weighted by atomic mass is 9.80. The molecule has 6 heteroatoms. The second-order valence-electron chi connectivity index (χ2n) is 8.66. The Bertz CT molecular complexity index is 1100. The summed E-state index contributed by atoms with van der Waals surface area (Å²) in [6.07, 6.45) is 3.35. The van der Waals surface area contributed by atoms with Crippen LogP contribution in [0.25, 0.3) is 0 Å². The predicted octanol–water partition coefficient (Wildman–Crippen LogP) is 2.99. The minimum Gasteiger partial charge on any atom is -0.450 e. The number of ether oxygens (including phenoxy) is 2. The van der Waals surface area contributed by atoms with Crippen LogP contribution in [0.2, 0.25) is 0 Å². The second kappa shape index (κ2) is 6.17. The molecule has 1 fully saturated rings. The number of nitrogens with zero attached hydrogens (tertiary/aromatic N) is 2. The third-order valence-corrected chi connectivity index (χ3v) is 7.03. The van der Waals surface area contributed by atoms with Gasteiger partial charge in [0.05, 0.1) is 5.56 Å². The van der Waals surface area contributed by atoms with Crippen LogP contribution >= 0.6 is 0 Å². The van der Waals surface area contributed by atoms with Gasteiger partial charge in [-0.05, 0) is 23.6 Å². The lowest BCUT2D eigenvalue weighted by Crippen LogP contribution is -2.48. The summed E-state index contributed by atoms with van der Waals surface area (Å²) in [5.41, 5.74) is 2.64. The van der Waals surface area contributed by atoms with Crippen molar-refractivity contribution in [3.63, 3.8) is 0 Å². The molecule has 1 atom stereocenters. The minimum absolute atomic E-state index is 0.176. The molecule has 4 aliphatic rings. The number of hydrogen-bond acceptors (Lipinski definition) is 5. The van der Waals surface area contributed by atoms with Crippen LogP contribution < -0.4 is 0 Å². The lowest BCUT2D eigenvalue weighted by molar-refractivity contribution is -0.132. The smallest absolute Gasteiger partial charge is 0.339 e. The first-order chi connectivity index (χ1) is 14.6. The number of aryl methyl sites for hydroxylation is 1. The lowest BCUT2D eigenvalue weighted by Gasteiger charge is -2.39. The average Bonchev–Trinajstić information content (AvgIpc) is 3.23. The van der Waals surface area contributed by atoms with Gasteiger partial charge in [0.1, 0.15) is 5.60 Å². The zero-order chi connectivity index (χ0) is 20.3. The van der Waals surface area contributed by atoms with Crippen molar-refractivity contribution in [1.82, 2.24) is 4.90 Å². The predicted molar refractivity (Wildman–Crippen MR) is 109 cm³/mol. The fourth-order valence-electron chi connectivity index (χ4n) is 5.32. The summed E-state index contributed by atoms with van der Waals surface area (Å²) in [6.45, 7) is 1.25. The molecular weight excluding hydrogens is 380 g/mol. The molecule has 3 heterocycles. The summed E-state index contributed by atoms with van der Waals surface area (Å²) in [7, 11) is 0. The number of hydrogen-bond donors (Lipinski definition) is 0. The van der Waals surface area contributed by atoms with E-state index in [9.17, 15) is 9.59 Å². The van der Waals surface area contributed by atoms with Gasteiger partial charge in [0.15, 0.2) is 5.60 Å². The normalized spacial score (nSPS) is 26.3. The molecule has 0 unspecified atom stereocenters. The maximum atomic E-state index is 12.9. The highest BCUT2D eigenvalue weighted by Crippen LogP contribution is 2.45. The highest BCUT2D eigenvalue weighted by Gasteiger charge is 2.52. The van der Waals surface area contributed by atoms with Crippen LogP contribution in [-0.4, -0.2) is 41.5 Å². The Hall–Kier alpha value is -3.15. The minimum atomic E-state index is -0.870. The number of fused-ring (bicyclic) bond motifs is 3. The number of amides is 1. The number of amidine groups is 1. The molecule has 0 N–H and O–H groups in total. The van der Waals surface area contributed by atoms with E-state index < -0.39 is 11.2 Å². The Morgan fingerprint density at radius 1 is 0.833 bits per heavy atom. The van der Waals surface area contributed by atoms with Crippen LogP contribution in [0.4, 0.5) is 0 Å². The molecule has 0 bridgehead atoms. The molecule has 0 radical (unpaired) electrons. The Balaban J connectivity index is 1.19. The summed E-state index contributed by atoms with van der Waals surface area (Å²) in [5.74, 6) is -0.423. The van der Waals surface area contributed by atoms with E-state index in [2.05, 4.69) is 17.1 Å². The van der Waals surface area contributed by atoms with E-state index in [1.807, 2.05) is 41.3 Å². The molecule has 2 aromatic rings. The van der Waals surface area contributed by atoms with Crippen molar-refractivity contribution in [2.75, 3.05) is 13.1 Å². The van der Waals surface area contributed by atoms with E-state index in [1.165, 1.54) is 11.1 Å². The highest BCUT2D eigenvalue weighted by atomic mass is 16.6. The number of piperidine rings is 1. The molecule has 2 spiro atoms. The van der Waals surface area contributed by atoms with Gasteiger partial charge in [-0.2, -0.15) is 4.99 Å². The van der Waals surface area contributed by atoms with Crippen LogP contribution in [0.5, 0.6) is 0 Å². The summed E-state index contributed by atoms with van der Waals surface area (Å²) >= 11 is 0. The number of likely N-dealkylation sites (tertiary alicyclic amines) is 1. The number of aliphatic imine (C=N–C) groups is 1. The van der Waals surface area contributed by atoms with Crippen LogP contribution in [0.1, 0.15) is 46.3 Å². The van der Waals surface area contributed by atoms with Crippen molar-refractivity contribution in [2.45, 2.75) is 43.3 Å². The average molecular weight is 402 g/mol. The van der Waals surface area contributed by atoms with Crippen molar-refractivity contribution < 1.29 is 19.1 Å². The second-order valence-corrected chi connectivity index (χ2v) is 8.66. The number of benzene rings is 2. The van der Waals surface area contributed by atoms with Crippen LogP contribution in [0.3, 0.4) is 0 Å². The molecular formula is C24H22N2O4. The van der Waals surface area contributed by atoms with Gasteiger partial charge in [-0.25, -0.2) is 4.79 Å². The first kappa shape index (κ1) is 17.7. The van der Waals surface area contributed by atoms with Gasteiger partial charge in [-0.1, -0.05) is 42.5 Å². The number of carbonyl (C=O) groups is 2. The van der Waals surface area contributed by atoms with Gasteiger partial charge in [0.2, 0.25) is 0 Å². The molecule has 1 saturated heterocycles. The van der Waals surface area contributed by atoms with Crippen LogP contribution in [-0.2, 0) is 32.7 Å². The molecule has 1 amide bonds. The molecule has 0 aromatic heterocycles. The molecule has 152 valence electrons. The van der Waals surface area contributed by atoms with E-state index >= 15 is 0 Å². The van der Waals surface area contributed by atoms with Gasteiger partial charge < -0.3 is 14.4 Å². The van der Waals surface area contributed by atoms with Crippen molar-refractivity contribution in [3.05, 3.63) is 70.8 Å². The standard InChI is InChI=1S/C24H22N2O4/c27-20-18-7-3-4-8-19(18)23(29-20)11-13-26(14-12-23)22-25-21(28)24(30-22)10-9-16-5-1-2-6-17(16)15-24/h1-8H,9-15H2/t24-/m1/s1. The van der Waals surface area contributed by atoms with E-state index in [-0.39, 0.29) is 11.9 Å². The van der Waals surface area contributed by atoms with Crippen molar-refractivity contribution in [2.24, 2.45) is 4.99 Å². The maximum Gasteiger partial charge on any atom is 0.339 e. The molecule has 6 nitrogen and oxygen atoms in total. The number of rotatable bonds is 0. The molecule has 30 heavy (non-hydrogen) atoms. The zero-order valence-corrected chi connectivity index (χ0v) is 16.6. The first-order valence-electron chi connectivity index (χ1n) is 10.6. The van der Waals surface area contributed by atoms with Gasteiger partial charge in [0.25, 0.3) is 11.9 Å². The zero-order valence-electron chi connectivity index (χ0n) is 16.6. The summed E-state index contributed by atoms with van der Waals surface area (Å²) in [5, 5.41) is 0. The quantitative estimate of drug-likeness (QED) is 0.634. The van der Waals surface area contributed by atoms with E-state index in [0.29, 0.717) is 50.4 Å². The molecule has 6 rings (SSSR count). The van der Waals surface area contributed by atoms with Gasteiger partial charge in [-0.15, -0.1) is 0 Å². The molecule has 0 saturated carbocycles. The number of esters is 1. The topological polar surface area (TPSA) is 68.2 Å². The molecule has 3 aliphatic heterocycles. The van der Waals surface area contributed by atoms with Crippen LogP contribution in [0, 0.1) is 0 Å². The van der Waals surface area contributed by atoms with Gasteiger partial charge in [-0.3, -0.25) is 4.79 Å². The third-order valence-electron chi connectivity index (χ3n) is 7.03. The Kier molecular flexibility index (Phi) is 3.64. The molecule has 1 aliphatic carbocycles. The Morgan fingerprint density at radius 2 is 1.57 bits per heavy atom. The summed E-state index contributed by atoms with van der Waals surface area (Å²) < 4.78 is 12.1. The van der Waals surface area contributed by atoms with Gasteiger partial charge in [0, 0.05) is 44.3 Å². The maximum absolute atomic E-state index is 12.9. The van der Waals surface area contributed by atoms with E-state index in [4.69, 9.17) is 9.47 Å². The summed E-state index contributed by atoms with van der Waals surface area (Å²) in [6, 6.07) is 16.3. The number of carbonyl (C=O) groups excluding carboxylic acids is 2. The fraction of sp³-hybridized carbons (Fsp3) is 0.375. The largest absolute Gasteiger partial charge is 0.450 e. The first-order valence-corrected chi connectivity index (χ1v) is 10.6. The highest BCUT2D eigenvalue weighted by molar-refractivity contribution is 6.02. The fourth-order valence-corrected chi connectivity index (χ4v) is 5.32. The van der Waals surface area contributed by atoms with Crippen LogP contribution in [0.15, 0.2) is 53.5 Å². The van der Waals surface area contributed by atoms with E-state index in [1.54, 1.807) is 0 Å². The Labute approximate surface area is 174 Å². The van der Waals surface area contributed by atoms with Crippen molar-refractivity contribution in [3.8, 4) is 0 Å². The molecule has 2 aromatic carbocycles. The van der Waals surface area contributed by atoms with Crippen molar-refractivity contribution in [1.29, 1.82) is 0 Å². The Morgan fingerprint density at radius 3 is 2.40 bits per heavy atom. The SMILES string of the molecule is O=C1OC2(CCN(C3=NC(=O)[C@]4(CCc5ccccc5C4)O3)CC2)c2ccccc21. The van der Waals surface area contributed by atoms with Crippen molar-refractivity contribution >= 4 is 17.9 Å². The summed E-state index contributed by atoms with van der Waals surface area (Å²) in [4.78, 5) is 31.5. The van der Waals surface area contributed by atoms with Gasteiger partial charge >= 0.3 is 5.97 Å². The third kappa shape index (κ3) is 2.46.